The largest absolute Gasteiger partial charge is 0.367 e. The molecular formula is C20H20N6O. The van der Waals surface area contributed by atoms with E-state index in [1.54, 1.807) is 18.6 Å². The minimum Gasteiger partial charge on any atom is -0.367 e. The molecule has 0 aromatic carbocycles. The number of nitrogens with one attached hydrogen (secondary N) is 1. The Morgan fingerprint density at radius 3 is 2.85 bits per heavy atom. The van der Waals surface area contributed by atoms with E-state index in [0.29, 0.717) is 6.04 Å². The van der Waals surface area contributed by atoms with E-state index in [1.807, 2.05) is 36.9 Å². The zero-order valence-corrected chi connectivity index (χ0v) is 15.3. The molecule has 0 bridgehead atoms. The van der Waals surface area contributed by atoms with Gasteiger partial charge in [-0.1, -0.05) is 0 Å². The molecular weight excluding hydrogens is 340 g/mol. The van der Waals surface area contributed by atoms with E-state index in [-0.39, 0.29) is 11.9 Å². The number of hydrogen-bond donors (Lipinski definition) is 1. The fourth-order valence-electron chi connectivity index (χ4n) is 3.98. The predicted octanol–water partition coefficient (Wildman–Crippen LogP) is 2.69. The Morgan fingerprint density at radius 1 is 1.15 bits per heavy atom. The summed E-state index contributed by atoms with van der Waals surface area (Å²) in [6.45, 7) is 3.89. The molecule has 1 fully saturated rings. The molecule has 1 aliphatic heterocycles. The lowest BCUT2D eigenvalue weighted by Crippen LogP contribution is -2.53. The van der Waals surface area contributed by atoms with Gasteiger partial charge in [0.1, 0.15) is 18.0 Å². The van der Waals surface area contributed by atoms with Crippen LogP contribution < -0.4 is 10.2 Å². The molecule has 4 heterocycles. The van der Waals surface area contributed by atoms with Crippen molar-refractivity contribution in [1.82, 2.24) is 19.9 Å². The van der Waals surface area contributed by atoms with Crippen molar-refractivity contribution in [2.75, 3.05) is 10.2 Å². The first-order valence-electron chi connectivity index (χ1n) is 9.15. The summed E-state index contributed by atoms with van der Waals surface area (Å²) in [4.78, 5) is 32.1. The summed E-state index contributed by atoms with van der Waals surface area (Å²) < 4.78 is 0. The van der Waals surface area contributed by atoms with Gasteiger partial charge < -0.3 is 5.32 Å². The number of carbonyl (C=O) groups is 1. The Bertz CT molecular complexity index is 1040. The molecule has 0 saturated heterocycles. The number of pyridine rings is 2. The lowest BCUT2D eigenvalue weighted by molar-refractivity contribution is -0.122. The van der Waals surface area contributed by atoms with Crippen molar-refractivity contribution < 1.29 is 4.79 Å². The van der Waals surface area contributed by atoms with Crippen LogP contribution in [0.1, 0.15) is 32.3 Å². The van der Waals surface area contributed by atoms with Crippen molar-refractivity contribution in [2.24, 2.45) is 0 Å². The summed E-state index contributed by atoms with van der Waals surface area (Å²) >= 11 is 0. The van der Waals surface area contributed by atoms with Gasteiger partial charge in [-0.3, -0.25) is 14.7 Å². The molecule has 136 valence electrons. The Morgan fingerprint density at radius 2 is 2.00 bits per heavy atom. The van der Waals surface area contributed by atoms with Crippen molar-refractivity contribution in [1.29, 1.82) is 0 Å². The number of rotatable bonds is 3. The van der Waals surface area contributed by atoms with Crippen molar-refractivity contribution in [3.63, 3.8) is 0 Å². The molecule has 1 amide bonds. The first-order chi connectivity index (χ1) is 13.0. The zero-order valence-electron chi connectivity index (χ0n) is 15.3. The lowest BCUT2D eigenvalue weighted by Gasteiger charge is -2.41. The molecule has 27 heavy (non-hydrogen) atoms. The Hall–Kier alpha value is -3.09. The minimum atomic E-state index is -0.567. The molecule has 0 unspecified atom stereocenters. The highest BCUT2D eigenvalue weighted by molar-refractivity contribution is 6.07. The van der Waals surface area contributed by atoms with E-state index in [1.165, 1.54) is 6.33 Å². The molecule has 3 aromatic heterocycles. The maximum atomic E-state index is 12.9. The third-order valence-electron chi connectivity index (χ3n) is 5.67. The van der Waals surface area contributed by atoms with Gasteiger partial charge in [0.15, 0.2) is 0 Å². The van der Waals surface area contributed by atoms with Gasteiger partial charge in [0.2, 0.25) is 5.91 Å². The van der Waals surface area contributed by atoms with Gasteiger partial charge in [0.05, 0.1) is 17.1 Å². The van der Waals surface area contributed by atoms with Gasteiger partial charge in [-0.25, -0.2) is 15.0 Å². The van der Waals surface area contributed by atoms with Gasteiger partial charge >= 0.3 is 0 Å². The maximum Gasteiger partial charge on any atom is 0.238 e. The van der Waals surface area contributed by atoms with Crippen LogP contribution in [-0.2, 0) is 10.2 Å². The molecule has 7 heteroatoms. The number of hydrogen-bond acceptors (Lipinski definition) is 6. The van der Waals surface area contributed by atoms with E-state index in [2.05, 4.69) is 25.3 Å². The van der Waals surface area contributed by atoms with Crippen LogP contribution in [0.25, 0.3) is 10.9 Å². The lowest BCUT2D eigenvalue weighted by atomic mass is 9.84. The zero-order chi connectivity index (χ0) is 18.6. The van der Waals surface area contributed by atoms with Gasteiger partial charge in [0, 0.05) is 35.4 Å². The normalized spacial score (nSPS) is 23.2. The van der Waals surface area contributed by atoms with Crippen molar-refractivity contribution >= 4 is 28.4 Å². The summed E-state index contributed by atoms with van der Waals surface area (Å²) in [5.74, 6) is 1.71. The monoisotopic (exact) mass is 360 g/mol. The summed E-state index contributed by atoms with van der Waals surface area (Å²) in [6.07, 6.45) is 8.56. The summed E-state index contributed by atoms with van der Waals surface area (Å²) in [5, 5.41) is 4.55. The summed E-state index contributed by atoms with van der Waals surface area (Å²) in [6, 6.07) is 6.43. The predicted molar refractivity (Wildman–Crippen MR) is 103 cm³/mol. The van der Waals surface area contributed by atoms with Crippen LogP contribution in [-0.4, -0.2) is 37.9 Å². The molecule has 3 aromatic rings. The molecule has 1 N–H and O–H groups in total. The number of aromatic nitrogens is 4. The van der Waals surface area contributed by atoms with Crippen molar-refractivity contribution in [3.05, 3.63) is 48.7 Å². The van der Waals surface area contributed by atoms with E-state index in [0.717, 1.165) is 40.9 Å². The van der Waals surface area contributed by atoms with Crippen LogP contribution in [0.15, 0.2) is 43.1 Å². The smallest absolute Gasteiger partial charge is 0.238 e. The second kappa shape index (κ2) is 5.70. The third kappa shape index (κ3) is 2.45. The van der Waals surface area contributed by atoms with Crippen LogP contribution in [0.4, 0.5) is 11.6 Å². The quantitative estimate of drug-likeness (QED) is 0.773. The van der Waals surface area contributed by atoms with Gasteiger partial charge in [-0.2, -0.15) is 0 Å². The van der Waals surface area contributed by atoms with Crippen LogP contribution >= 0.6 is 0 Å². The number of nitrogens with zero attached hydrogens (tertiary/aromatic N) is 5. The second-order valence-electron chi connectivity index (χ2n) is 7.79. The van der Waals surface area contributed by atoms with E-state index in [4.69, 9.17) is 0 Å². The number of fused-ring (bicyclic) bond motifs is 2. The first kappa shape index (κ1) is 16.1. The van der Waals surface area contributed by atoms with Crippen LogP contribution in [0.5, 0.6) is 0 Å². The van der Waals surface area contributed by atoms with Crippen molar-refractivity contribution in [2.45, 2.75) is 44.2 Å². The third-order valence-corrected chi connectivity index (χ3v) is 5.67. The summed E-state index contributed by atoms with van der Waals surface area (Å²) in [5.41, 5.74) is 1.22. The number of anilines is 2. The molecule has 1 aliphatic carbocycles. The molecule has 5 rings (SSSR count). The first-order valence-corrected chi connectivity index (χ1v) is 9.15. The van der Waals surface area contributed by atoms with Gasteiger partial charge in [-0.05, 0) is 44.9 Å². The van der Waals surface area contributed by atoms with Crippen LogP contribution in [0.3, 0.4) is 0 Å². The highest BCUT2D eigenvalue weighted by Crippen LogP contribution is 2.44. The molecule has 0 atom stereocenters. The van der Waals surface area contributed by atoms with E-state index in [9.17, 15) is 4.79 Å². The highest BCUT2D eigenvalue weighted by Gasteiger charge is 2.50. The van der Waals surface area contributed by atoms with Gasteiger partial charge in [-0.15, -0.1) is 0 Å². The number of amides is 1. The highest BCUT2D eigenvalue weighted by atomic mass is 16.2. The van der Waals surface area contributed by atoms with E-state index < -0.39 is 5.41 Å². The Balaban J connectivity index is 1.31. The molecule has 0 radical (unpaired) electrons. The van der Waals surface area contributed by atoms with Crippen molar-refractivity contribution in [3.8, 4) is 0 Å². The average Bonchev–Trinajstić information content (AvgIpc) is 2.85. The second-order valence-corrected chi connectivity index (χ2v) is 7.79. The molecule has 7 nitrogen and oxygen atoms in total. The van der Waals surface area contributed by atoms with E-state index >= 15 is 0 Å². The summed E-state index contributed by atoms with van der Waals surface area (Å²) in [7, 11) is 0. The minimum absolute atomic E-state index is 0.108. The van der Waals surface area contributed by atoms with Gasteiger partial charge in [0.25, 0.3) is 0 Å². The maximum absolute atomic E-state index is 12.9. The topological polar surface area (TPSA) is 83.9 Å². The molecule has 1 saturated carbocycles. The fourth-order valence-corrected chi connectivity index (χ4v) is 3.98. The standard InChI is InChI=1S/C20H20N6O/c1-20(2)15-9-22-11-23-18(15)26(19(20)27)14-7-13(8-14)24-17-4-3-12-5-6-21-10-16(12)25-17/h3-6,9-11,13-14H,7-8H2,1-2H3,(H,24,25)/t13-,14-. The number of carbonyl (C=O) groups excluding carboxylic acids is 1. The SMILES string of the molecule is CC1(C)C(=O)N([C@H]2C[C@H](Nc3ccc4ccncc4n3)C2)c2ncncc21. The Labute approximate surface area is 156 Å². The molecule has 2 aliphatic rings. The molecule has 0 spiro atoms. The van der Waals surface area contributed by atoms with Crippen LogP contribution in [0.2, 0.25) is 0 Å². The fraction of sp³-hybridized carbons (Fsp3) is 0.350. The average molecular weight is 360 g/mol. The van der Waals surface area contributed by atoms with Crippen LogP contribution in [0, 0.1) is 0 Å². The Kier molecular flexibility index (Phi) is 3.40.